The molecule has 24 heavy (non-hydrogen) atoms. The van der Waals surface area contributed by atoms with Crippen molar-refractivity contribution < 1.29 is 4.79 Å². The summed E-state index contributed by atoms with van der Waals surface area (Å²) in [6.07, 6.45) is 0. The number of benzene rings is 2. The Morgan fingerprint density at radius 2 is 1.75 bits per heavy atom. The molecule has 0 saturated carbocycles. The Balaban J connectivity index is 1.72. The molecule has 1 fully saturated rings. The lowest BCUT2D eigenvalue weighted by Crippen LogP contribution is -2.44. The number of piperazine rings is 1. The molecule has 1 heterocycles. The topological polar surface area (TPSA) is 35.6 Å². The zero-order valence-corrected chi connectivity index (χ0v) is 14.7. The SMILES string of the molecule is Cc1cccc(C(=O)Nc2ccc(N3CCN(C)CC3)cc2C)c1. The van der Waals surface area contributed by atoms with Crippen molar-refractivity contribution in [3.8, 4) is 0 Å². The summed E-state index contributed by atoms with van der Waals surface area (Å²) in [4.78, 5) is 17.2. The third kappa shape index (κ3) is 3.77. The van der Waals surface area contributed by atoms with E-state index < -0.39 is 0 Å². The van der Waals surface area contributed by atoms with Gasteiger partial charge in [0, 0.05) is 43.1 Å². The molecule has 2 aromatic rings. The molecule has 0 spiro atoms. The molecule has 0 radical (unpaired) electrons. The van der Waals surface area contributed by atoms with Crippen LogP contribution in [-0.4, -0.2) is 44.0 Å². The van der Waals surface area contributed by atoms with E-state index in [0.29, 0.717) is 5.56 Å². The Labute approximate surface area is 144 Å². The van der Waals surface area contributed by atoms with Crippen molar-refractivity contribution >= 4 is 17.3 Å². The Morgan fingerprint density at radius 3 is 2.42 bits per heavy atom. The van der Waals surface area contributed by atoms with Gasteiger partial charge in [-0.25, -0.2) is 0 Å². The highest BCUT2D eigenvalue weighted by Gasteiger charge is 2.15. The number of likely N-dealkylation sites (N-methyl/N-ethyl adjacent to an activating group) is 1. The summed E-state index contributed by atoms with van der Waals surface area (Å²) in [6, 6.07) is 13.9. The third-order valence-corrected chi connectivity index (χ3v) is 4.61. The molecule has 4 nitrogen and oxygen atoms in total. The highest BCUT2D eigenvalue weighted by atomic mass is 16.1. The van der Waals surface area contributed by atoms with Gasteiger partial charge in [0.1, 0.15) is 0 Å². The number of hydrogen-bond donors (Lipinski definition) is 1. The summed E-state index contributed by atoms with van der Waals surface area (Å²) in [5.74, 6) is -0.0610. The molecule has 0 aromatic heterocycles. The predicted octanol–water partition coefficient (Wildman–Crippen LogP) is 3.31. The van der Waals surface area contributed by atoms with Crippen molar-refractivity contribution in [2.75, 3.05) is 43.4 Å². The van der Waals surface area contributed by atoms with Gasteiger partial charge >= 0.3 is 0 Å². The van der Waals surface area contributed by atoms with Crippen LogP contribution in [-0.2, 0) is 0 Å². The molecule has 0 bridgehead atoms. The lowest BCUT2D eigenvalue weighted by molar-refractivity contribution is 0.102. The van der Waals surface area contributed by atoms with E-state index in [2.05, 4.69) is 34.3 Å². The number of amides is 1. The molecule has 1 aliphatic rings. The van der Waals surface area contributed by atoms with Crippen LogP contribution < -0.4 is 10.2 Å². The van der Waals surface area contributed by atoms with E-state index in [4.69, 9.17) is 0 Å². The summed E-state index contributed by atoms with van der Waals surface area (Å²) in [5, 5.41) is 3.03. The summed E-state index contributed by atoms with van der Waals surface area (Å²) < 4.78 is 0. The number of aryl methyl sites for hydroxylation is 2. The first-order valence-corrected chi connectivity index (χ1v) is 8.45. The van der Waals surface area contributed by atoms with Gasteiger partial charge in [0.25, 0.3) is 5.91 Å². The van der Waals surface area contributed by atoms with Crippen LogP contribution >= 0.6 is 0 Å². The Hall–Kier alpha value is -2.33. The zero-order valence-electron chi connectivity index (χ0n) is 14.7. The molecule has 126 valence electrons. The number of hydrogen-bond acceptors (Lipinski definition) is 3. The summed E-state index contributed by atoms with van der Waals surface area (Å²) in [5.41, 5.74) is 4.98. The number of anilines is 2. The minimum absolute atomic E-state index is 0.0610. The number of carbonyl (C=O) groups excluding carboxylic acids is 1. The van der Waals surface area contributed by atoms with Gasteiger partial charge in [-0.15, -0.1) is 0 Å². The van der Waals surface area contributed by atoms with Gasteiger partial charge in [-0.2, -0.15) is 0 Å². The maximum atomic E-state index is 12.4. The van der Waals surface area contributed by atoms with Crippen molar-refractivity contribution in [1.82, 2.24) is 4.90 Å². The van der Waals surface area contributed by atoms with Crippen LogP contribution in [0.5, 0.6) is 0 Å². The quantitative estimate of drug-likeness (QED) is 0.941. The Bertz CT molecular complexity index is 733. The van der Waals surface area contributed by atoms with Crippen LogP contribution in [0.4, 0.5) is 11.4 Å². The van der Waals surface area contributed by atoms with Gasteiger partial charge in [-0.3, -0.25) is 4.79 Å². The van der Waals surface area contributed by atoms with E-state index in [1.165, 1.54) is 5.69 Å². The van der Waals surface area contributed by atoms with E-state index in [9.17, 15) is 4.79 Å². The number of nitrogens with one attached hydrogen (secondary N) is 1. The highest BCUT2D eigenvalue weighted by molar-refractivity contribution is 6.04. The lowest BCUT2D eigenvalue weighted by atomic mass is 10.1. The molecule has 1 saturated heterocycles. The second-order valence-corrected chi connectivity index (χ2v) is 6.61. The molecule has 1 amide bonds. The molecule has 1 aliphatic heterocycles. The molecule has 1 N–H and O–H groups in total. The first-order chi connectivity index (χ1) is 11.5. The van der Waals surface area contributed by atoms with E-state index in [-0.39, 0.29) is 5.91 Å². The fourth-order valence-corrected chi connectivity index (χ4v) is 3.03. The predicted molar refractivity (Wildman–Crippen MR) is 100 cm³/mol. The van der Waals surface area contributed by atoms with Crippen LogP contribution in [0.15, 0.2) is 42.5 Å². The van der Waals surface area contributed by atoms with Gasteiger partial charge < -0.3 is 15.1 Å². The van der Waals surface area contributed by atoms with Crippen molar-refractivity contribution in [3.63, 3.8) is 0 Å². The third-order valence-electron chi connectivity index (χ3n) is 4.61. The minimum atomic E-state index is -0.0610. The lowest BCUT2D eigenvalue weighted by Gasteiger charge is -2.34. The second-order valence-electron chi connectivity index (χ2n) is 6.61. The van der Waals surface area contributed by atoms with Crippen molar-refractivity contribution in [1.29, 1.82) is 0 Å². The number of carbonyl (C=O) groups is 1. The van der Waals surface area contributed by atoms with Crippen LogP contribution in [0.2, 0.25) is 0 Å². The molecule has 0 aliphatic carbocycles. The van der Waals surface area contributed by atoms with Gasteiger partial charge in [0.05, 0.1) is 0 Å². The van der Waals surface area contributed by atoms with Crippen molar-refractivity contribution in [2.24, 2.45) is 0 Å². The first kappa shape index (κ1) is 16.5. The Morgan fingerprint density at radius 1 is 1.00 bits per heavy atom. The summed E-state index contributed by atoms with van der Waals surface area (Å²) in [7, 11) is 2.16. The molecule has 3 rings (SSSR count). The monoisotopic (exact) mass is 323 g/mol. The van der Waals surface area contributed by atoms with Gasteiger partial charge in [0.15, 0.2) is 0 Å². The van der Waals surface area contributed by atoms with E-state index in [1.54, 1.807) is 0 Å². The standard InChI is InChI=1S/C20H25N3O/c1-15-5-4-6-17(13-15)20(24)21-19-8-7-18(14-16(19)2)23-11-9-22(3)10-12-23/h4-8,13-14H,9-12H2,1-3H3,(H,21,24). The molecule has 4 heteroatoms. The normalized spacial score (nSPS) is 15.4. The van der Waals surface area contributed by atoms with Gasteiger partial charge in [-0.1, -0.05) is 17.7 Å². The Kier molecular flexibility index (Phi) is 4.86. The molecule has 0 atom stereocenters. The van der Waals surface area contributed by atoms with E-state index in [1.807, 2.05) is 44.2 Å². The van der Waals surface area contributed by atoms with Crippen LogP contribution in [0.1, 0.15) is 21.5 Å². The maximum Gasteiger partial charge on any atom is 0.255 e. The molecular weight excluding hydrogens is 298 g/mol. The van der Waals surface area contributed by atoms with Crippen LogP contribution in [0.3, 0.4) is 0 Å². The fraction of sp³-hybridized carbons (Fsp3) is 0.350. The number of rotatable bonds is 3. The smallest absolute Gasteiger partial charge is 0.255 e. The second kappa shape index (κ2) is 7.05. The van der Waals surface area contributed by atoms with E-state index in [0.717, 1.165) is 43.0 Å². The van der Waals surface area contributed by atoms with Crippen LogP contribution in [0.25, 0.3) is 0 Å². The van der Waals surface area contributed by atoms with Crippen molar-refractivity contribution in [3.05, 3.63) is 59.2 Å². The average Bonchev–Trinajstić information content (AvgIpc) is 2.57. The van der Waals surface area contributed by atoms with Crippen molar-refractivity contribution in [2.45, 2.75) is 13.8 Å². The highest BCUT2D eigenvalue weighted by Crippen LogP contribution is 2.24. The average molecular weight is 323 g/mol. The maximum absolute atomic E-state index is 12.4. The summed E-state index contributed by atoms with van der Waals surface area (Å²) in [6.45, 7) is 8.31. The molecular formula is C20H25N3O. The first-order valence-electron chi connectivity index (χ1n) is 8.45. The fourth-order valence-electron chi connectivity index (χ4n) is 3.03. The van der Waals surface area contributed by atoms with E-state index >= 15 is 0 Å². The molecule has 0 unspecified atom stereocenters. The van der Waals surface area contributed by atoms with Gasteiger partial charge in [-0.05, 0) is 56.8 Å². The largest absolute Gasteiger partial charge is 0.369 e. The molecule has 2 aromatic carbocycles. The van der Waals surface area contributed by atoms with Crippen LogP contribution in [0, 0.1) is 13.8 Å². The van der Waals surface area contributed by atoms with Gasteiger partial charge in [0.2, 0.25) is 0 Å². The zero-order chi connectivity index (χ0) is 17.1. The number of nitrogens with zero attached hydrogens (tertiary/aromatic N) is 2. The minimum Gasteiger partial charge on any atom is -0.369 e. The summed E-state index contributed by atoms with van der Waals surface area (Å²) >= 11 is 0.